The van der Waals surface area contributed by atoms with Gasteiger partial charge in [0, 0.05) is 16.8 Å². The number of hydrogen-bond donors (Lipinski definition) is 1. The third-order valence-electron chi connectivity index (χ3n) is 3.96. The van der Waals surface area contributed by atoms with Crippen LogP contribution in [0.4, 0.5) is 0 Å². The molecule has 2 N–H and O–H groups in total. The van der Waals surface area contributed by atoms with Crippen LogP contribution in [0, 0.1) is 6.92 Å². The van der Waals surface area contributed by atoms with E-state index in [1.54, 1.807) is 0 Å². The molecular formula is C16H20N2S. The van der Waals surface area contributed by atoms with Crippen molar-refractivity contribution in [1.82, 2.24) is 4.98 Å². The van der Waals surface area contributed by atoms with Crippen LogP contribution in [0.3, 0.4) is 0 Å². The Hall–Kier alpha value is -1.19. The zero-order valence-corrected chi connectivity index (χ0v) is 12.3. The summed E-state index contributed by atoms with van der Waals surface area (Å²) >= 11 is 1.81. The van der Waals surface area contributed by atoms with E-state index in [1.165, 1.54) is 33.9 Å². The number of aryl methyl sites for hydroxylation is 2. The first-order valence-electron chi connectivity index (χ1n) is 6.94. The Labute approximate surface area is 118 Å². The quantitative estimate of drug-likeness (QED) is 0.904. The zero-order chi connectivity index (χ0) is 13.4. The summed E-state index contributed by atoms with van der Waals surface area (Å²) in [7, 11) is 0. The second-order valence-electron chi connectivity index (χ2n) is 5.50. The number of hydrogen-bond acceptors (Lipinski definition) is 3. The van der Waals surface area contributed by atoms with Gasteiger partial charge >= 0.3 is 0 Å². The lowest BCUT2D eigenvalue weighted by Gasteiger charge is -2.22. The zero-order valence-electron chi connectivity index (χ0n) is 11.5. The van der Waals surface area contributed by atoms with Crippen LogP contribution in [0.25, 0.3) is 0 Å². The second-order valence-corrected chi connectivity index (χ2v) is 6.56. The molecule has 3 rings (SSSR count). The average molecular weight is 272 g/mol. The monoisotopic (exact) mass is 272 g/mol. The highest BCUT2D eigenvalue weighted by Crippen LogP contribution is 2.36. The van der Waals surface area contributed by atoms with Crippen LogP contribution in [0.15, 0.2) is 24.3 Å². The first kappa shape index (κ1) is 12.8. The van der Waals surface area contributed by atoms with E-state index in [0.29, 0.717) is 5.92 Å². The molecular weight excluding hydrogens is 252 g/mol. The van der Waals surface area contributed by atoms with Gasteiger partial charge in [-0.2, -0.15) is 0 Å². The van der Waals surface area contributed by atoms with Crippen molar-refractivity contribution >= 4 is 11.3 Å². The minimum Gasteiger partial charge on any atom is -0.323 e. The molecule has 0 radical (unpaired) electrons. The van der Waals surface area contributed by atoms with Crippen molar-refractivity contribution in [1.29, 1.82) is 0 Å². The summed E-state index contributed by atoms with van der Waals surface area (Å²) in [5.74, 6) is 0.575. The van der Waals surface area contributed by atoms with Crippen molar-refractivity contribution in [2.75, 3.05) is 0 Å². The second kappa shape index (κ2) is 5.06. The van der Waals surface area contributed by atoms with E-state index in [-0.39, 0.29) is 6.04 Å². The van der Waals surface area contributed by atoms with Crippen molar-refractivity contribution in [3.63, 3.8) is 0 Å². The van der Waals surface area contributed by atoms with Crippen LogP contribution in [0.2, 0.25) is 0 Å². The fourth-order valence-corrected chi connectivity index (χ4v) is 4.09. The van der Waals surface area contributed by atoms with Gasteiger partial charge in [-0.15, -0.1) is 11.3 Å². The van der Waals surface area contributed by atoms with Crippen LogP contribution in [-0.2, 0) is 12.8 Å². The van der Waals surface area contributed by atoms with Gasteiger partial charge in [-0.1, -0.05) is 24.3 Å². The van der Waals surface area contributed by atoms with Crippen LogP contribution in [0.5, 0.6) is 0 Å². The molecule has 2 unspecified atom stereocenters. The van der Waals surface area contributed by atoms with E-state index in [9.17, 15) is 0 Å². The topological polar surface area (TPSA) is 38.9 Å². The third kappa shape index (κ3) is 2.45. The molecule has 0 spiro atoms. The molecule has 1 heterocycles. The molecule has 1 aromatic carbocycles. The van der Waals surface area contributed by atoms with Crippen molar-refractivity contribution in [2.24, 2.45) is 5.73 Å². The van der Waals surface area contributed by atoms with E-state index in [2.05, 4.69) is 31.2 Å². The SMILES string of the molecule is Cc1nc(C2CCc3ccccc3C2)sc1C(C)N. The van der Waals surface area contributed by atoms with Gasteiger partial charge in [0.05, 0.1) is 10.7 Å². The van der Waals surface area contributed by atoms with Crippen molar-refractivity contribution in [2.45, 2.75) is 45.1 Å². The first-order valence-corrected chi connectivity index (χ1v) is 7.76. The summed E-state index contributed by atoms with van der Waals surface area (Å²) in [6.45, 7) is 4.12. The maximum absolute atomic E-state index is 6.00. The summed E-state index contributed by atoms with van der Waals surface area (Å²) in [4.78, 5) is 6.01. The fraction of sp³-hybridized carbons (Fsp3) is 0.438. The van der Waals surface area contributed by atoms with Gasteiger partial charge in [0.25, 0.3) is 0 Å². The lowest BCUT2D eigenvalue weighted by molar-refractivity contribution is 0.581. The summed E-state index contributed by atoms with van der Waals surface area (Å²) in [6, 6.07) is 8.89. The number of thiazole rings is 1. The summed E-state index contributed by atoms with van der Waals surface area (Å²) in [6.07, 6.45) is 3.51. The number of benzene rings is 1. The van der Waals surface area contributed by atoms with Gasteiger partial charge in [-0.25, -0.2) is 4.98 Å². The van der Waals surface area contributed by atoms with Crippen molar-refractivity contribution < 1.29 is 0 Å². The Bertz CT molecular complexity index is 586. The number of rotatable bonds is 2. The summed E-state index contributed by atoms with van der Waals surface area (Å²) < 4.78 is 0. The number of nitrogens with zero attached hydrogens (tertiary/aromatic N) is 1. The average Bonchev–Trinajstić information content (AvgIpc) is 2.80. The third-order valence-corrected chi connectivity index (χ3v) is 5.48. The molecule has 0 saturated carbocycles. The predicted octanol–water partition coefficient (Wildman–Crippen LogP) is 3.74. The maximum atomic E-state index is 6.00. The Morgan fingerprint density at radius 2 is 2.05 bits per heavy atom. The van der Waals surface area contributed by atoms with Gasteiger partial charge in [-0.3, -0.25) is 0 Å². The fourth-order valence-electron chi connectivity index (χ4n) is 2.94. The van der Waals surface area contributed by atoms with Gasteiger partial charge < -0.3 is 5.73 Å². The maximum Gasteiger partial charge on any atom is 0.0965 e. The van der Waals surface area contributed by atoms with Gasteiger partial charge in [-0.05, 0) is 44.2 Å². The summed E-state index contributed by atoms with van der Waals surface area (Å²) in [5.41, 5.74) is 10.1. The molecule has 2 nitrogen and oxygen atoms in total. The van der Waals surface area contributed by atoms with E-state index in [4.69, 9.17) is 10.7 Å². The largest absolute Gasteiger partial charge is 0.323 e. The molecule has 3 heteroatoms. The van der Waals surface area contributed by atoms with E-state index in [1.807, 2.05) is 18.3 Å². The number of aromatic nitrogens is 1. The molecule has 0 aliphatic heterocycles. The highest BCUT2D eigenvalue weighted by molar-refractivity contribution is 7.11. The van der Waals surface area contributed by atoms with Crippen LogP contribution in [0.1, 0.15) is 52.0 Å². The molecule has 1 aliphatic carbocycles. The molecule has 2 atom stereocenters. The van der Waals surface area contributed by atoms with Gasteiger partial charge in [0.15, 0.2) is 0 Å². The Kier molecular flexibility index (Phi) is 3.42. The Balaban J connectivity index is 1.87. The molecule has 19 heavy (non-hydrogen) atoms. The molecule has 100 valence electrons. The van der Waals surface area contributed by atoms with Crippen molar-refractivity contribution in [3.8, 4) is 0 Å². The van der Waals surface area contributed by atoms with E-state index < -0.39 is 0 Å². The lowest BCUT2D eigenvalue weighted by Crippen LogP contribution is -2.12. The molecule has 0 saturated heterocycles. The van der Waals surface area contributed by atoms with E-state index >= 15 is 0 Å². The molecule has 1 aromatic heterocycles. The Morgan fingerprint density at radius 3 is 2.74 bits per heavy atom. The Morgan fingerprint density at radius 1 is 1.32 bits per heavy atom. The molecule has 0 fully saturated rings. The van der Waals surface area contributed by atoms with Crippen LogP contribution >= 0.6 is 11.3 Å². The van der Waals surface area contributed by atoms with Crippen LogP contribution in [-0.4, -0.2) is 4.98 Å². The smallest absolute Gasteiger partial charge is 0.0965 e. The van der Waals surface area contributed by atoms with E-state index in [0.717, 1.165) is 12.1 Å². The molecule has 2 aromatic rings. The standard InChI is InChI=1S/C16H20N2S/c1-10(17)15-11(2)18-16(19-15)14-8-7-12-5-3-4-6-13(12)9-14/h3-6,10,14H,7-9,17H2,1-2H3. The summed E-state index contributed by atoms with van der Waals surface area (Å²) in [5, 5.41) is 1.28. The first-order chi connectivity index (χ1) is 9.15. The predicted molar refractivity (Wildman–Crippen MR) is 80.7 cm³/mol. The van der Waals surface area contributed by atoms with Crippen LogP contribution < -0.4 is 5.73 Å². The lowest BCUT2D eigenvalue weighted by atomic mass is 9.84. The van der Waals surface area contributed by atoms with Gasteiger partial charge in [0.2, 0.25) is 0 Å². The minimum atomic E-state index is 0.0992. The minimum absolute atomic E-state index is 0.0992. The molecule has 0 amide bonds. The normalized spacial score (nSPS) is 20.1. The highest BCUT2D eigenvalue weighted by Gasteiger charge is 2.23. The van der Waals surface area contributed by atoms with Crippen molar-refractivity contribution in [3.05, 3.63) is 51.0 Å². The molecule has 0 bridgehead atoms. The number of nitrogens with two attached hydrogens (primary N) is 1. The van der Waals surface area contributed by atoms with Gasteiger partial charge in [0.1, 0.15) is 0 Å². The number of fused-ring (bicyclic) bond motifs is 1. The highest BCUT2D eigenvalue weighted by atomic mass is 32.1. The molecule has 1 aliphatic rings.